The molecule has 1 aliphatic carbocycles. The third-order valence-corrected chi connectivity index (χ3v) is 4.79. The molecular formula is C19H27NO4. The SMILES string of the molecule is CCOC(=O)c1ccc(OCC(=O)N[C@@H]2CCC[C@H](C)[C@@H]2C)cc1. The largest absolute Gasteiger partial charge is 0.484 e. The average molecular weight is 333 g/mol. The van der Waals surface area contributed by atoms with E-state index in [1.807, 2.05) is 0 Å². The van der Waals surface area contributed by atoms with Crippen LogP contribution in [0.2, 0.25) is 0 Å². The van der Waals surface area contributed by atoms with Crippen LogP contribution in [-0.2, 0) is 9.53 Å². The highest BCUT2D eigenvalue weighted by atomic mass is 16.5. The molecule has 1 N–H and O–H groups in total. The van der Waals surface area contributed by atoms with Gasteiger partial charge < -0.3 is 14.8 Å². The first kappa shape index (κ1) is 18.3. The third-order valence-electron chi connectivity index (χ3n) is 4.79. The van der Waals surface area contributed by atoms with Gasteiger partial charge in [-0.15, -0.1) is 0 Å². The summed E-state index contributed by atoms with van der Waals surface area (Å²) in [4.78, 5) is 23.7. The standard InChI is InChI=1S/C19H27NO4/c1-4-23-19(22)15-8-10-16(11-9-15)24-12-18(21)20-17-7-5-6-13(2)14(17)3/h8-11,13-14,17H,4-7,12H2,1-3H3,(H,20,21)/t13-,14-,17+/m0/s1. The lowest BCUT2D eigenvalue weighted by atomic mass is 9.78. The zero-order valence-corrected chi connectivity index (χ0v) is 14.7. The van der Waals surface area contributed by atoms with Gasteiger partial charge in [-0.25, -0.2) is 4.79 Å². The number of hydrogen-bond donors (Lipinski definition) is 1. The van der Waals surface area contributed by atoms with Gasteiger partial charge in [0.05, 0.1) is 12.2 Å². The number of rotatable bonds is 6. The van der Waals surface area contributed by atoms with Crippen molar-refractivity contribution in [3.05, 3.63) is 29.8 Å². The molecular weight excluding hydrogens is 306 g/mol. The summed E-state index contributed by atoms with van der Waals surface area (Å²) >= 11 is 0. The number of amides is 1. The quantitative estimate of drug-likeness (QED) is 0.812. The summed E-state index contributed by atoms with van der Waals surface area (Å²) in [6.07, 6.45) is 3.43. The number of ether oxygens (including phenoxy) is 2. The molecule has 0 aliphatic heterocycles. The summed E-state index contributed by atoms with van der Waals surface area (Å²) in [6, 6.07) is 6.85. The first-order valence-corrected chi connectivity index (χ1v) is 8.70. The minimum absolute atomic E-state index is 0.0175. The molecule has 1 saturated carbocycles. The first-order valence-electron chi connectivity index (χ1n) is 8.70. The lowest BCUT2D eigenvalue weighted by Gasteiger charge is -2.34. The van der Waals surface area contributed by atoms with Crippen LogP contribution in [-0.4, -0.2) is 31.1 Å². The fraction of sp³-hybridized carbons (Fsp3) is 0.579. The molecule has 0 spiro atoms. The van der Waals surface area contributed by atoms with Gasteiger partial charge in [-0.2, -0.15) is 0 Å². The predicted molar refractivity (Wildman–Crippen MR) is 92.0 cm³/mol. The van der Waals surface area contributed by atoms with E-state index >= 15 is 0 Å². The van der Waals surface area contributed by atoms with Gasteiger partial charge in [0.2, 0.25) is 0 Å². The second-order valence-corrected chi connectivity index (χ2v) is 6.47. The molecule has 0 aromatic heterocycles. The van der Waals surface area contributed by atoms with Gasteiger partial charge in [-0.1, -0.05) is 26.7 Å². The van der Waals surface area contributed by atoms with Crippen molar-refractivity contribution in [3.63, 3.8) is 0 Å². The number of benzene rings is 1. The Bertz CT molecular complexity index is 555. The van der Waals surface area contributed by atoms with E-state index in [0.717, 1.165) is 12.8 Å². The maximum atomic E-state index is 12.1. The maximum Gasteiger partial charge on any atom is 0.338 e. The smallest absolute Gasteiger partial charge is 0.338 e. The van der Waals surface area contributed by atoms with Crippen molar-refractivity contribution in [2.75, 3.05) is 13.2 Å². The van der Waals surface area contributed by atoms with Gasteiger partial charge in [-0.3, -0.25) is 4.79 Å². The Labute approximate surface area is 143 Å². The van der Waals surface area contributed by atoms with Crippen molar-refractivity contribution in [2.45, 2.75) is 46.1 Å². The molecule has 1 aliphatic rings. The summed E-state index contributed by atoms with van der Waals surface area (Å²) in [5.41, 5.74) is 0.471. The Balaban J connectivity index is 1.80. The Hall–Kier alpha value is -2.04. The fourth-order valence-electron chi connectivity index (χ4n) is 3.08. The third kappa shape index (κ3) is 4.98. The van der Waals surface area contributed by atoms with Gasteiger partial charge >= 0.3 is 5.97 Å². The number of esters is 1. The van der Waals surface area contributed by atoms with Crippen LogP contribution < -0.4 is 10.1 Å². The molecule has 0 heterocycles. The topological polar surface area (TPSA) is 64.6 Å². The predicted octanol–water partition coefficient (Wildman–Crippen LogP) is 3.18. The van der Waals surface area contributed by atoms with E-state index < -0.39 is 0 Å². The van der Waals surface area contributed by atoms with E-state index in [0.29, 0.717) is 29.8 Å². The van der Waals surface area contributed by atoms with Crippen molar-refractivity contribution in [2.24, 2.45) is 11.8 Å². The Morgan fingerprint density at radius 2 is 1.88 bits per heavy atom. The molecule has 1 amide bonds. The zero-order valence-electron chi connectivity index (χ0n) is 14.7. The van der Waals surface area contributed by atoms with Crippen LogP contribution in [0.3, 0.4) is 0 Å². The Morgan fingerprint density at radius 1 is 1.17 bits per heavy atom. The highest BCUT2D eigenvalue weighted by Crippen LogP contribution is 2.29. The fourth-order valence-corrected chi connectivity index (χ4v) is 3.08. The molecule has 0 bridgehead atoms. The second-order valence-electron chi connectivity index (χ2n) is 6.47. The molecule has 24 heavy (non-hydrogen) atoms. The van der Waals surface area contributed by atoms with Crippen molar-refractivity contribution in [3.8, 4) is 5.75 Å². The highest BCUT2D eigenvalue weighted by molar-refractivity contribution is 5.89. The highest BCUT2D eigenvalue weighted by Gasteiger charge is 2.28. The number of hydrogen-bond acceptors (Lipinski definition) is 4. The monoisotopic (exact) mass is 333 g/mol. The van der Waals surface area contributed by atoms with Crippen LogP contribution in [0.15, 0.2) is 24.3 Å². The summed E-state index contributed by atoms with van der Waals surface area (Å²) in [7, 11) is 0. The number of carbonyl (C=O) groups is 2. The van der Waals surface area contributed by atoms with Crippen LogP contribution in [0.25, 0.3) is 0 Å². The van der Waals surface area contributed by atoms with Gasteiger partial charge in [0.15, 0.2) is 6.61 Å². The summed E-state index contributed by atoms with van der Waals surface area (Å²) < 4.78 is 10.4. The van der Waals surface area contributed by atoms with E-state index in [1.54, 1.807) is 31.2 Å². The zero-order chi connectivity index (χ0) is 17.5. The molecule has 5 nitrogen and oxygen atoms in total. The van der Waals surface area contributed by atoms with Crippen molar-refractivity contribution >= 4 is 11.9 Å². The van der Waals surface area contributed by atoms with E-state index in [2.05, 4.69) is 19.2 Å². The lowest BCUT2D eigenvalue weighted by molar-refractivity contribution is -0.124. The summed E-state index contributed by atoms with van der Waals surface area (Å²) in [6.45, 7) is 6.53. The lowest BCUT2D eigenvalue weighted by Crippen LogP contribution is -2.45. The molecule has 0 unspecified atom stereocenters. The van der Waals surface area contributed by atoms with E-state index in [1.165, 1.54) is 6.42 Å². The number of nitrogens with one attached hydrogen (secondary N) is 1. The minimum atomic E-state index is -0.359. The van der Waals surface area contributed by atoms with E-state index in [-0.39, 0.29) is 24.5 Å². The number of carbonyl (C=O) groups excluding carboxylic acids is 2. The van der Waals surface area contributed by atoms with E-state index in [9.17, 15) is 9.59 Å². The van der Waals surface area contributed by atoms with Gasteiger partial charge in [-0.05, 0) is 49.4 Å². The van der Waals surface area contributed by atoms with Crippen LogP contribution in [0, 0.1) is 11.8 Å². The molecule has 5 heteroatoms. The van der Waals surface area contributed by atoms with Crippen LogP contribution >= 0.6 is 0 Å². The van der Waals surface area contributed by atoms with Gasteiger partial charge in [0.25, 0.3) is 5.91 Å². The maximum absolute atomic E-state index is 12.1. The summed E-state index contributed by atoms with van der Waals surface area (Å²) in [5.74, 6) is 1.23. The molecule has 3 atom stereocenters. The van der Waals surface area contributed by atoms with Crippen LogP contribution in [0.4, 0.5) is 0 Å². The molecule has 0 saturated heterocycles. The molecule has 1 aromatic rings. The molecule has 1 aromatic carbocycles. The van der Waals surface area contributed by atoms with Crippen molar-refractivity contribution in [1.29, 1.82) is 0 Å². The average Bonchev–Trinajstić information content (AvgIpc) is 2.58. The van der Waals surface area contributed by atoms with Gasteiger partial charge in [0, 0.05) is 6.04 Å². The second kappa shape index (κ2) is 8.71. The Morgan fingerprint density at radius 3 is 2.54 bits per heavy atom. The van der Waals surface area contributed by atoms with Crippen LogP contribution in [0.5, 0.6) is 5.75 Å². The molecule has 132 valence electrons. The summed E-state index contributed by atoms with van der Waals surface area (Å²) in [5, 5.41) is 3.08. The molecule has 0 radical (unpaired) electrons. The van der Waals surface area contributed by atoms with Crippen molar-refractivity contribution in [1.82, 2.24) is 5.32 Å². The van der Waals surface area contributed by atoms with Crippen molar-refractivity contribution < 1.29 is 19.1 Å². The molecule has 2 rings (SSSR count). The first-order chi connectivity index (χ1) is 11.5. The normalized spacial score (nSPS) is 23.4. The minimum Gasteiger partial charge on any atom is -0.484 e. The Kier molecular flexibility index (Phi) is 6.64. The van der Waals surface area contributed by atoms with Crippen LogP contribution in [0.1, 0.15) is 50.4 Å². The molecule has 1 fully saturated rings. The van der Waals surface area contributed by atoms with Gasteiger partial charge in [0.1, 0.15) is 5.75 Å². The van der Waals surface area contributed by atoms with E-state index in [4.69, 9.17) is 9.47 Å².